The number of benzene rings is 1. The SMILES string of the molecule is Cc1ccccc1-c1nn(C(C)C(=O)N(C)C)cc1Cl. The molecular formula is C15H18ClN3O. The third-order valence-corrected chi connectivity index (χ3v) is 3.56. The van der Waals surface area contributed by atoms with Crippen LogP contribution in [0, 0.1) is 6.92 Å². The number of hydrogen-bond donors (Lipinski definition) is 0. The number of carbonyl (C=O) groups is 1. The van der Waals surface area contributed by atoms with E-state index in [1.807, 2.05) is 38.1 Å². The monoisotopic (exact) mass is 291 g/mol. The second-order valence-corrected chi connectivity index (χ2v) is 5.44. The average molecular weight is 292 g/mol. The summed E-state index contributed by atoms with van der Waals surface area (Å²) in [5, 5.41) is 5.03. The standard InChI is InChI=1S/C15H18ClN3O/c1-10-7-5-6-8-12(10)14-13(16)9-19(17-14)11(2)15(20)18(3)4/h5-9,11H,1-4H3. The summed E-state index contributed by atoms with van der Waals surface area (Å²) >= 11 is 6.27. The maximum atomic E-state index is 12.0. The smallest absolute Gasteiger partial charge is 0.246 e. The van der Waals surface area contributed by atoms with E-state index in [4.69, 9.17) is 11.6 Å². The van der Waals surface area contributed by atoms with E-state index < -0.39 is 0 Å². The summed E-state index contributed by atoms with van der Waals surface area (Å²) in [4.78, 5) is 13.5. The Morgan fingerprint density at radius 2 is 2.00 bits per heavy atom. The Morgan fingerprint density at radius 3 is 2.60 bits per heavy atom. The quantitative estimate of drug-likeness (QED) is 0.871. The Morgan fingerprint density at radius 1 is 1.35 bits per heavy atom. The predicted molar refractivity (Wildman–Crippen MR) is 80.8 cm³/mol. The molecule has 2 rings (SSSR count). The van der Waals surface area contributed by atoms with E-state index in [1.165, 1.54) is 0 Å². The summed E-state index contributed by atoms with van der Waals surface area (Å²) in [5.41, 5.74) is 2.80. The van der Waals surface area contributed by atoms with Crippen LogP contribution < -0.4 is 0 Å². The number of amides is 1. The van der Waals surface area contributed by atoms with Crippen LogP contribution in [0.1, 0.15) is 18.5 Å². The number of halogens is 1. The lowest BCUT2D eigenvalue weighted by Gasteiger charge is -2.16. The normalized spacial score (nSPS) is 12.2. The van der Waals surface area contributed by atoms with Crippen LogP contribution in [-0.4, -0.2) is 34.7 Å². The average Bonchev–Trinajstić information content (AvgIpc) is 2.79. The molecule has 1 amide bonds. The predicted octanol–water partition coefficient (Wildman–Crippen LogP) is 3.16. The molecule has 0 bridgehead atoms. The van der Waals surface area contributed by atoms with Crippen LogP contribution >= 0.6 is 11.6 Å². The van der Waals surface area contributed by atoms with E-state index in [2.05, 4.69) is 5.10 Å². The van der Waals surface area contributed by atoms with Crippen molar-refractivity contribution in [3.8, 4) is 11.3 Å². The number of rotatable bonds is 3. The number of likely N-dealkylation sites (N-methyl/N-ethyl adjacent to an activating group) is 1. The van der Waals surface area contributed by atoms with Gasteiger partial charge < -0.3 is 4.90 Å². The van der Waals surface area contributed by atoms with Crippen LogP contribution in [0.25, 0.3) is 11.3 Å². The molecule has 0 N–H and O–H groups in total. The molecule has 20 heavy (non-hydrogen) atoms. The summed E-state index contributed by atoms with van der Waals surface area (Å²) < 4.78 is 1.62. The highest BCUT2D eigenvalue weighted by Crippen LogP contribution is 2.29. The highest BCUT2D eigenvalue weighted by atomic mass is 35.5. The lowest BCUT2D eigenvalue weighted by molar-refractivity contribution is -0.131. The van der Waals surface area contributed by atoms with Crippen molar-refractivity contribution in [1.82, 2.24) is 14.7 Å². The molecule has 2 aromatic rings. The number of aromatic nitrogens is 2. The lowest BCUT2D eigenvalue weighted by Crippen LogP contribution is -2.30. The topological polar surface area (TPSA) is 38.1 Å². The van der Waals surface area contributed by atoms with Crippen molar-refractivity contribution in [1.29, 1.82) is 0 Å². The fraction of sp³-hybridized carbons (Fsp3) is 0.333. The van der Waals surface area contributed by atoms with Gasteiger partial charge in [-0.1, -0.05) is 35.9 Å². The molecule has 0 spiro atoms. The molecule has 0 radical (unpaired) electrons. The highest BCUT2D eigenvalue weighted by molar-refractivity contribution is 6.33. The van der Waals surface area contributed by atoms with E-state index in [0.29, 0.717) is 10.7 Å². The molecule has 4 nitrogen and oxygen atoms in total. The number of aryl methyl sites for hydroxylation is 1. The van der Waals surface area contributed by atoms with Gasteiger partial charge >= 0.3 is 0 Å². The van der Waals surface area contributed by atoms with Crippen molar-refractivity contribution in [3.63, 3.8) is 0 Å². The molecule has 0 fully saturated rings. The Labute approximate surface area is 124 Å². The van der Waals surface area contributed by atoms with Gasteiger partial charge in [0.1, 0.15) is 11.7 Å². The van der Waals surface area contributed by atoms with Gasteiger partial charge in [-0.25, -0.2) is 0 Å². The van der Waals surface area contributed by atoms with E-state index in [1.54, 1.807) is 29.9 Å². The summed E-state index contributed by atoms with van der Waals surface area (Å²) in [6.45, 7) is 3.83. The summed E-state index contributed by atoms with van der Waals surface area (Å²) in [6.07, 6.45) is 1.70. The van der Waals surface area contributed by atoms with Crippen molar-refractivity contribution >= 4 is 17.5 Å². The highest BCUT2D eigenvalue weighted by Gasteiger charge is 2.20. The maximum Gasteiger partial charge on any atom is 0.246 e. The zero-order valence-electron chi connectivity index (χ0n) is 12.1. The first-order chi connectivity index (χ1) is 9.41. The van der Waals surface area contributed by atoms with Gasteiger partial charge in [0.25, 0.3) is 0 Å². The van der Waals surface area contributed by atoms with E-state index in [9.17, 15) is 4.79 Å². The minimum atomic E-state index is -0.375. The Hall–Kier alpha value is -1.81. The molecule has 5 heteroatoms. The fourth-order valence-corrected chi connectivity index (χ4v) is 2.32. The Bertz CT molecular complexity index is 634. The van der Waals surface area contributed by atoms with Gasteiger partial charge in [0.15, 0.2) is 0 Å². The summed E-state index contributed by atoms with van der Waals surface area (Å²) in [6, 6.07) is 7.54. The molecule has 0 saturated carbocycles. The summed E-state index contributed by atoms with van der Waals surface area (Å²) in [5.74, 6) is -0.0134. The van der Waals surface area contributed by atoms with Crippen molar-refractivity contribution in [3.05, 3.63) is 41.0 Å². The van der Waals surface area contributed by atoms with E-state index in [0.717, 1.165) is 11.1 Å². The van der Waals surface area contributed by atoms with Crippen LogP contribution in [0.5, 0.6) is 0 Å². The van der Waals surface area contributed by atoms with E-state index in [-0.39, 0.29) is 11.9 Å². The third-order valence-electron chi connectivity index (χ3n) is 3.28. The maximum absolute atomic E-state index is 12.0. The van der Waals surface area contributed by atoms with Gasteiger partial charge in [0, 0.05) is 25.9 Å². The zero-order valence-corrected chi connectivity index (χ0v) is 12.8. The van der Waals surface area contributed by atoms with Gasteiger partial charge in [0.05, 0.1) is 5.02 Å². The molecule has 0 aliphatic rings. The molecule has 106 valence electrons. The van der Waals surface area contributed by atoms with Crippen molar-refractivity contribution in [2.45, 2.75) is 19.9 Å². The number of nitrogens with zero attached hydrogens (tertiary/aromatic N) is 3. The van der Waals surface area contributed by atoms with Crippen LogP contribution in [0.15, 0.2) is 30.5 Å². The minimum Gasteiger partial charge on any atom is -0.347 e. The van der Waals surface area contributed by atoms with Gasteiger partial charge in [-0.3, -0.25) is 9.48 Å². The van der Waals surface area contributed by atoms with Crippen molar-refractivity contribution in [2.75, 3.05) is 14.1 Å². The van der Waals surface area contributed by atoms with E-state index >= 15 is 0 Å². The van der Waals surface area contributed by atoms with Crippen molar-refractivity contribution in [2.24, 2.45) is 0 Å². The first kappa shape index (κ1) is 14.6. The van der Waals surface area contributed by atoms with Gasteiger partial charge in [-0.05, 0) is 19.4 Å². The number of hydrogen-bond acceptors (Lipinski definition) is 2. The Balaban J connectivity index is 2.40. The van der Waals surface area contributed by atoms with Crippen LogP contribution in [-0.2, 0) is 4.79 Å². The molecule has 0 aliphatic heterocycles. The first-order valence-corrected chi connectivity index (χ1v) is 6.81. The van der Waals surface area contributed by atoms with Gasteiger partial charge in [0.2, 0.25) is 5.91 Å². The fourth-order valence-electron chi connectivity index (χ4n) is 2.08. The van der Waals surface area contributed by atoms with Crippen LogP contribution in [0.2, 0.25) is 5.02 Å². The molecule has 1 heterocycles. The molecule has 0 aliphatic carbocycles. The molecule has 1 aromatic carbocycles. The molecule has 1 aromatic heterocycles. The number of carbonyl (C=O) groups excluding carboxylic acids is 1. The minimum absolute atomic E-state index is 0.0134. The zero-order chi connectivity index (χ0) is 14.9. The van der Waals surface area contributed by atoms with Crippen LogP contribution in [0.3, 0.4) is 0 Å². The first-order valence-electron chi connectivity index (χ1n) is 6.43. The molecule has 1 unspecified atom stereocenters. The van der Waals surface area contributed by atoms with Gasteiger partial charge in [-0.15, -0.1) is 0 Å². The Kier molecular flexibility index (Phi) is 4.14. The largest absolute Gasteiger partial charge is 0.347 e. The second-order valence-electron chi connectivity index (χ2n) is 5.03. The summed E-state index contributed by atoms with van der Waals surface area (Å²) in [7, 11) is 3.46. The van der Waals surface area contributed by atoms with Crippen LogP contribution in [0.4, 0.5) is 0 Å². The second kappa shape index (κ2) is 5.67. The van der Waals surface area contributed by atoms with Crippen molar-refractivity contribution < 1.29 is 4.79 Å². The molecule has 0 saturated heterocycles. The third kappa shape index (κ3) is 2.70. The van der Waals surface area contributed by atoms with Gasteiger partial charge in [-0.2, -0.15) is 5.10 Å². The molecule has 1 atom stereocenters. The molecular weight excluding hydrogens is 274 g/mol. The lowest BCUT2D eigenvalue weighted by atomic mass is 10.1.